The zero-order chi connectivity index (χ0) is 17.5. The number of benzene rings is 1. The van der Waals surface area contributed by atoms with Gasteiger partial charge in [-0.05, 0) is 23.9 Å². The number of carbonyl (C=O) groups is 2. The quantitative estimate of drug-likeness (QED) is 0.266. The van der Waals surface area contributed by atoms with E-state index in [9.17, 15) is 9.59 Å². The number of hydrogen-bond donors (Lipinski definition) is 0. The maximum Gasteiger partial charge on any atom is 0.305 e. The Balaban J connectivity index is 2.20. The molecular weight excluding hydrogens is 396 g/mol. The van der Waals surface area contributed by atoms with Crippen molar-refractivity contribution in [3.8, 4) is 11.5 Å². The van der Waals surface area contributed by atoms with E-state index in [1.165, 1.54) is 18.4 Å². The minimum absolute atomic E-state index is 0.0673. The second-order valence-electron chi connectivity index (χ2n) is 5.04. The summed E-state index contributed by atoms with van der Waals surface area (Å²) < 4.78 is 16.6. The van der Waals surface area contributed by atoms with Gasteiger partial charge in [-0.15, -0.1) is 11.3 Å². The second kappa shape index (κ2) is 9.03. The van der Waals surface area contributed by atoms with E-state index in [4.69, 9.17) is 9.47 Å². The Labute approximate surface area is 153 Å². The standard InChI is InChI=1S/C17H19BrO5S/c1-21-13-8-11-9-16(12(19)4-5-17(20)22-2)24-15(11)10-14(13)23-7-3-6-18/h8-10H,3-7H2,1-2H3. The van der Waals surface area contributed by atoms with Crippen LogP contribution in [-0.2, 0) is 9.53 Å². The molecule has 1 heterocycles. The number of esters is 1. The van der Waals surface area contributed by atoms with E-state index < -0.39 is 0 Å². The monoisotopic (exact) mass is 414 g/mol. The Kier molecular flexibility index (Phi) is 7.05. The number of ketones is 1. The van der Waals surface area contributed by atoms with E-state index in [1.54, 1.807) is 7.11 Å². The molecule has 7 heteroatoms. The van der Waals surface area contributed by atoms with E-state index in [2.05, 4.69) is 20.7 Å². The van der Waals surface area contributed by atoms with Gasteiger partial charge in [0, 0.05) is 22.5 Å². The highest BCUT2D eigenvalue weighted by atomic mass is 79.9. The molecule has 0 saturated heterocycles. The molecule has 0 aliphatic rings. The lowest BCUT2D eigenvalue weighted by Crippen LogP contribution is -2.04. The molecule has 0 saturated carbocycles. The van der Waals surface area contributed by atoms with Crippen LogP contribution in [-0.4, -0.2) is 37.9 Å². The van der Waals surface area contributed by atoms with Crippen molar-refractivity contribution in [1.82, 2.24) is 0 Å². The summed E-state index contributed by atoms with van der Waals surface area (Å²) >= 11 is 4.76. The minimum Gasteiger partial charge on any atom is -0.493 e. The third-order valence-electron chi connectivity index (χ3n) is 3.40. The van der Waals surface area contributed by atoms with Crippen LogP contribution >= 0.6 is 27.3 Å². The third-order valence-corrected chi connectivity index (χ3v) is 5.10. The van der Waals surface area contributed by atoms with Crippen molar-refractivity contribution in [1.29, 1.82) is 0 Å². The zero-order valence-electron chi connectivity index (χ0n) is 13.6. The van der Waals surface area contributed by atoms with Gasteiger partial charge in [0.1, 0.15) is 0 Å². The molecule has 0 amide bonds. The number of fused-ring (bicyclic) bond motifs is 1. The highest BCUT2D eigenvalue weighted by Gasteiger charge is 2.15. The van der Waals surface area contributed by atoms with Crippen LogP contribution < -0.4 is 9.47 Å². The molecule has 0 aliphatic carbocycles. The van der Waals surface area contributed by atoms with Crippen LogP contribution in [0.5, 0.6) is 11.5 Å². The number of carbonyl (C=O) groups excluding carboxylic acids is 2. The van der Waals surface area contributed by atoms with E-state index in [-0.39, 0.29) is 24.6 Å². The third kappa shape index (κ3) is 4.70. The summed E-state index contributed by atoms with van der Waals surface area (Å²) in [4.78, 5) is 24.0. The van der Waals surface area contributed by atoms with Crippen molar-refractivity contribution >= 4 is 49.1 Å². The minimum atomic E-state index is -0.381. The number of ether oxygens (including phenoxy) is 3. The number of methoxy groups -OCH3 is 2. The molecule has 2 aromatic rings. The molecule has 24 heavy (non-hydrogen) atoms. The maximum atomic E-state index is 12.2. The summed E-state index contributed by atoms with van der Waals surface area (Å²) in [5.41, 5.74) is 0. The summed E-state index contributed by atoms with van der Waals surface area (Å²) in [5.74, 6) is 0.862. The molecule has 5 nitrogen and oxygen atoms in total. The first kappa shape index (κ1) is 18.7. The number of thiophene rings is 1. The number of hydrogen-bond acceptors (Lipinski definition) is 6. The van der Waals surface area contributed by atoms with Crippen molar-refractivity contribution < 1.29 is 23.8 Å². The van der Waals surface area contributed by atoms with Crippen LogP contribution in [0.3, 0.4) is 0 Å². The molecule has 2 rings (SSSR count). The smallest absolute Gasteiger partial charge is 0.305 e. The van der Waals surface area contributed by atoms with Crippen LogP contribution in [0.2, 0.25) is 0 Å². The van der Waals surface area contributed by atoms with E-state index in [0.29, 0.717) is 23.0 Å². The second-order valence-corrected chi connectivity index (χ2v) is 6.92. The first-order valence-corrected chi connectivity index (χ1v) is 9.43. The lowest BCUT2D eigenvalue weighted by molar-refractivity contribution is -0.140. The average molecular weight is 415 g/mol. The maximum absolute atomic E-state index is 12.2. The Morgan fingerprint density at radius 1 is 1.12 bits per heavy atom. The Morgan fingerprint density at radius 3 is 2.58 bits per heavy atom. The first-order valence-electron chi connectivity index (χ1n) is 7.49. The molecule has 0 fully saturated rings. The van der Waals surface area contributed by atoms with Gasteiger partial charge in [0.25, 0.3) is 0 Å². The Morgan fingerprint density at radius 2 is 1.92 bits per heavy atom. The lowest BCUT2D eigenvalue weighted by Gasteiger charge is -2.10. The van der Waals surface area contributed by atoms with E-state index in [0.717, 1.165) is 21.8 Å². The number of alkyl halides is 1. The molecule has 0 bridgehead atoms. The summed E-state index contributed by atoms with van der Waals surface area (Å²) in [6.07, 6.45) is 1.13. The van der Waals surface area contributed by atoms with Crippen molar-refractivity contribution in [3.05, 3.63) is 23.1 Å². The summed E-state index contributed by atoms with van der Waals surface area (Å²) in [6, 6.07) is 5.58. The largest absolute Gasteiger partial charge is 0.493 e. The highest BCUT2D eigenvalue weighted by Crippen LogP contribution is 2.37. The van der Waals surface area contributed by atoms with Gasteiger partial charge in [-0.1, -0.05) is 15.9 Å². The van der Waals surface area contributed by atoms with Gasteiger partial charge in [0.2, 0.25) is 0 Å². The van der Waals surface area contributed by atoms with Gasteiger partial charge in [0.05, 0.1) is 32.1 Å². The van der Waals surface area contributed by atoms with Crippen LogP contribution in [0.15, 0.2) is 18.2 Å². The van der Waals surface area contributed by atoms with E-state index in [1.807, 2.05) is 18.2 Å². The molecule has 0 atom stereocenters. The van der Waals surface area contributed by atoms with Crippen LogP contribution in [0.25, 0.3) is 10.1 Å². The number of rotatable bonds is 9. The van der Waals surface area contributed by atoms with Gasteiger partial charge < -0.3 is 14.2 Å². The van der Waals surface area contributed by atoms with Gasteiger partial charge in [-0.3, -0.25) is 9.59 Å². The molecule has 0 unspecified atom stereocenters. The molecule has 0 N–H and O–H groups in total. The van der Waals surface area contributed by atoms with Crippen molar-refractivity contribution in [2.75, 3.05) is 26.2 Å². The molecule has 0 spiro atoms. The van der Waals surface area contributed by atoms with Crippen LogP contribution in [0.4, 0.5) is 0 Å². The van der Waals surface area contributed by atoms with Gasteiger partial charge in [0.15, 0.2) is 17.3 Å². The molecule has 0 radical (unpaired) electrons. The van der Waals surface area contributed by atoms with Gasteiger partial charge in [-0.2, -0.15) is 0 Å². The Bertz CT molecular complexity index is 725. The lowest BCUT2D eigenvalue weighted by atomic mass is 10.1. The zero-order valence-corrected chi connectivity index (χ0v) is 16.0. The normalized spacial score (nSPS) is 10.6. The Hall–Kier alpha value is -1.60. The summed E-state index contributed by atoms with van der Waals surface area (Å²) in [5, 5.41) is 1.79. The van der Waals surface area contributed by atoms with Gasteiger partial charge in [-0.25, -0.2) is 0 Å². The van der Waals surface area contributed by atoms with Crippen LogP contribution in [0, 0.1) is 0 Å². The summed E-state index contributed by atoms with van der Waals surface area (Å²) in [6.45, 7) is 0.587. The molecule has 1 aromatic heterocycles. The first-order chi connectivity index (χ1) is 11.6. The molecular formula is C17H19BrO5S. The predicted molar refractivity (Wildman–Crippen MR) is 97.9 cm³/mol. The van der Waals surface area contributed by atoms with Crippen molar-refractivity contribution in [2.24, 2.45) is 0 Å². The fourth-order valence-electron chi connectivity index (χ4n) is 2.13. The average Bonchev–Trinajstić information content (AvgIpc) is 3.01. The molecule has 1 aromatic carbocycles. The van der Waals surface area contributed by atoms with Gasteiger partial charge >= 0.3 is 5.97 Å². The van der Waals surface area contributed by atoms with E-state index >= 15 is 0 Å². The predicted octanol–water partition coefficient (Wildman–Crippen LogP) is 4.21. The van der Waals surface area contributed by atoms with Crippen LogP contribution in [0.1, 0.15) is 28.9 Å². The highest BCUT2D eigenvalue weighted by molar-refractivity contribution is 9.09. The molecule has 0 aliphatic heterocycles. The SMILES string of the molecule is COC(=O)CCC(=O)c1cc2cc(OC)c(OCCCBr)cc2s1. The number of halogens is 1. The molecule has 130 valence electrons. The fourth-order valence-corrected chi connectivity index (χ4v) is 3.40. The van der Waals surface area contributed by atoms with Crippen molar-refractivity contribution in [2.45, 2.75) is 19.3 Å². The number of Topliss-reactive ketones (excluding diaryl/α,β-unsaturated/α-hetero) is 1. The van der Waals surface area contributed by atoms with Crippen molar-refractivity contribution in [3.63, 3.8) is 0 Å². The summed E-state index contributed by atoms with van der Waals surface area (Å²) in [7, 11) is 2.91. The fraction of sp³-hybridized carbons (Fsp3) is 0.412. The topological polar surface area (TPSA) is 61.8 Å².